The van der Waals surface area contributed by atoms with E-state index in [9.17, 15) is 13.2 Å². The molecule has 0 unspecified atom stereocenters. The smallest absolute Gasteiger partial charge is 0.265 e. The van der Waals surface area contributed by atoms with Gasteiger partial charge in [-0.2, -0.15) is 0 Å². The Bertz CT molecular complexity index is 849. The minimum atomic E-state index is -3.11. The summed E-state index contributed by atoms with van der Waals surface area (Å²) in [6, 6.07) is 15.7. The number of hydrogen-bond donors (Lipinski definition) is 0. The summed E-state index contributed by atoms with van der Waals surface area (Å²) in [4.78, 5) is 14.4. The summed E-state index contributed by atoms with van der Waals surface area (Å²) in [5.74, 6) is 1.06. The van der Waals surface area contributed by atoms with E-state index in [0.717, 1.165) is 0 Å². The van der Waals surface area contributed by atoms with Crippen molar-refractivity contribution in [3.8, 4) is 11.5 Å². The molecule has 0 aliphatic carbocycles. The van der Waals surface area contributed by atoms with Crippen LogP contribution >= 0.6 is 0 Å². The van der Waals surface area contributed by atoms with E-state index < -0.39 is 9.84 Å². The van der Waals surface area contributed by atoms with Gasteiger partial charge in [-0.1, -0.05) is 18.2 Å². The SMILES string of the molecule is COc1ccc(OCC(=O)N(c2ccccc2)[C@H]2CCS(=O)(=O)C2)cc1. The van der Waals surface area contributed by atoms with E-state index in [1.165, 1.54) is 0 Å². The van der Waals surface area contributed by atoms with Crippen LogP contribution in [0.1, 0.15) is 6.42 Å². The van der Waals surface area contributed by atoms with Gasteiger partial charge in [0.15, 0.2) is 16.4 Å². The summed E-state index contributed by atoms with van der Waals surface area (Å²) in [6.45, 7) is -0.169. The van der Waals surface area contributed by atoms with Gasteiger partial charge < -0.3 is 14.4 Å². The Morgan fingerprint density at radius 2 is 1.73 bits per heavy atom. The highest BCUT2D eigenvalue weighted by Gasteiger charge is 2.35. The molecule has 1 amide bonds. The number of benzene rings is 2. The molecule has 1 aliphatic heterocycles. The first-order valence-corrected chi connectivity index (χ1v) is 10.1. The van der Waals surface area contributed by atoms with Crippen molar-refractivity contribution in [3.63, 3.8) is 0 Å². The first-order valence-electron chi connectivity index (χ1n) is 8.33. The molecule has 138 valence electrons. The Kier molecular flexibility index (Phi) is 5.46. The third kappa shape index (κ3) is 4.35. The summed E-state index contributed by atoms with van der Waals surface area (Å²) >= 11 is 0. The lowest BCUT2D eigenvalue weighted by atomic mass is 10.2. The average molecular weight is 375 g/mol. The van der Waals surface area contributed by atoms with E-state index in [1.807, 2.05) is 18.2 Å². The molecule has 1 saturated heterocycles. The number of methoxy groups -OCH3 is 1. The molecule has 6 nitrogen and oxygen atoms in total. The van der Waals surface area contributed by atoms with Crippen molar-refractivity contribution in [1.29, 1.82) is 0 Å². The van der Waals surface area contributed by atoms with Crippen molar-refractivity contribution in [2.45, 2.75) is 12.5 Å². The van der Waals surface area contributed by atoms with Crippen LogP contribution in [0.15, 0.2) is 54.6 Å². The highest BCUT2D eigenvalue weighted by atomic mass is 32.2. The number of para-hydroxylation sites is 1. The Balaban J connectivity index is 1.74. The van der Waals surface area contributed by atoms with Gasteiger partial charge in [0.1, 0.15) is 11.5 Å². The minimum Gasteiger partial charge on any atom is -0.497 e. The van der Waals surface area contributed by atoms with E-state index in [4.69, 9.17) is 9.47 Å². The van der Waals surface area contributed by atoms with Crippen LogP contribution in [0, 0.1) is 0 Å². The van der Waals surface area contributed by atoms with Crippen molar-refractivity contribution in [3.05, 3.63) is 54.6 Å². The minimum absolute atomic E-state index is 0.0177. The standard InChI is InChI=1S/C19H21NO5S/c1-24-17-7-9-18(10-8-17)25-13-19(21)20(15-5-3-2-4-6-15)16-11-12-26(22,23)14-16/h2-10,16H,11-14H2,1H3/t16-/m0/s1. The summed E-state index contributed by atoms with van der Waals surface area (Å²) in [6.07, 6.45) is 0.436. The second kappa shape index (κ2) is 7.78. The number of rotatable bonds is 6. The van der Waals surface area contributed by atoms with E-state index in [-0.39, 0.29) is 30.1 Å². The van der Waals surface area contributed by atoms with Crippen LogP contribution in [0.5, 0.6) is 11.5 Å². The second-order valence-corrected chi connectivity index (χ2v) is 8.35. The number of nitrogens with zero attached hydrogens (tertiary/aromatic N) is 1. The van der Waals surface area contributed by atoms with Crippen molar-refractivity contribution < 1.29 is 22.7 Å². The molecule has 1 fully saturated rings. The lowest BCUT2D eigenvalue weighted by Crippen LogP contribution is -2.43. The van der Waals surface area contributed by atoms with E-state index >= 15 is 0 Å². The number of carbonyl (C=O) groups is 1. The third-order valence-electron chi connectivity index (χ3n) is 4.30. The van der Waals surface area contributed by atoms with Gasteiger partial charge >= 0.3 is 0 Å². The van der Waals surface area contributed by atoms with E-state index in [0.29, 0.717) is 23.6 Å². The van der Waals surface area contributed by atoms with Crippen LogP contribution in [0.3, 0.4) is 0 Å². The topological polar surface area (TPSA) is 72.9 Å². The van der Waals surface area contributed by atoms with Gasteiger partial charge in [-0.05, 0) is 42.8 Å². The van der Waals surface area contributed by atoms with Gasteiger partial charge in [0.05, 0.1) is 24.7 Å². The van der Waals surface area contributed by atoms with Gasteiger partial charge in [0.25, 0.3) is 5.91 Å². The zero-order valence-electron chi connectivity index (χ0n) is 14.5. The molecular formula is C19H21NO5S. The monoisotopic (exact) mass is 375 g/mol. The number of anilines is 1. The van der Waals surface area contributed by atoms with E-state index in [2.05, 4.69) is 0 Å². The van der Waals surface area contributed by atoms with Crippen LogP contribution < -0.4 is 14.4 Å². The zero-order valence-corrected chi connectivity index (χ0v) is 15.3. The number of amides is 1. The first kappa shape index (κ1) is 18.3. The molecule has 0 saturated carbocycles. The van der Waals surface area contributed by atoms with Gasteiger partial charge in [0.2, 0.25) is 0 Å². The maximum atomic E-state index is 12.8. The maximum Gasteiger partial charge on any atom is 0.265 e. The van der Waals surface area contributed by atoms with Crippen LogP contribution in [-0.2, 0) is 14.6 Å². The van der Waals surface area contributed by atoms with Crippen molar-refractivity contribution in [2.75, 3.05) is 30.1 Å². The van der Waals surface area contributed by atoms with Gasteiger partial charge in [-0.15, -0.1) is 0 Å². The number of carbonyl (C=O) groups excluding carboxylic acids is 1. The molecule has 2 aromatic carbocycles. The van der Waals surface area contributed by atoms with Crippen molar-refractivity contribution in [2.24, 2.45) is 0 Å². The number of sulfone groups is 1. The van der Waals surface area contributed by atoms with Crippen LogP contribution in [0.4, 0.5) is 5.69 Å². The fourth-order valence-corrected chi connectivity index (χ4v) is 4.71. The summed E-state index contributed by atoms with van der Waals surface area (Å²) < 4.78 is 34.4. The van der Waals surface area contributed by atoms with Crippen LogP contribution in [0.25, 0.3) is 0 Å². The summed E-state index contributed by atoms with van der Waals surface area (Å²) in [5, 5.41) is 0. The van der Waals surface area contributed by atoms with Crippen molar-refractivity contribution in [1.82, 2.24) is 0 Å². The highest BCUT2D eigenvalue weighted by molar-refractivity contribution is 7.91. The molecule has 1 aliphatic rings. The largest absolute Gasteiger partial charge is 0.497 e. The maximum absolute atomic E-state index is 12.8. The fourth-order valence-electron chi connectivity index (χ4n) is 3.01. The average Bonchev–Trinajstić information content (AvgIpc) is 3.01. The lowest BCUT2D eigenvalue weighted by molar-refractivity contribution is -0.121. The van der Waals surface area contributed by atoms with Gasteiger partial charge in [0, 0.05) is 5.69 Å². The Morgan fingerprint density at radius 1 is 1.08 bits per heavy atom. The lowest BCUT2D eigenvalue weighted by Gasteiger charge is -2.28. The van der Waals surface area contributed by atoms with Gasteiger partial charge in [-0.3, -0.25) is 4.79 Å². The molecule has 1 heterocycles. The van der Waals surface area contributed by atoms with Gasteiger partial charge in [-0.25, -0.2) is 8.42 Å². The molecule has 26 heavy (non-hydrogen) atoms. The molecule has 3 rings (SSSR count). The third-order valence-corrected chi connectivity index (χ3v) is 6.05. The molecule has 2 aromatic rings. The fraction of sp³-hybridized carbons (Fsp3) is 0.316. The van der Waals surface area contributed by atoms with E-state index in [1.54, 1.807) is 48.4 Å². The molecular weight excluding hydrogens is 354 g/mol. The summed E-state index contributed by atoms with van der Waals surface area (Å²) in [5.41, 5.74) is 0.679. The molecule has 1 atom stereocenters. The molecule has 0 aromatic heterocycles. The predicted octanol–water partition coefficient (Wildman–Crippen LogP) is 2.29. The van der Waals surface area contributed by atoms with Crippen molar-refractivity contribution >= 4 is 21.4 Å². The second-order valence-electron chi connectivity index (χ2n) is 6.12. The molecule has 0 N–H and O–H groups in total. The zero-order chi connectivity index (χ0) is 18.6. The molecule has 0 bridgehead atoms. The summed E-state index contributed by atoms with van der Waals surface area (Å²) in [7, 11) is -1.53. The quantitative estimate of drug-likeness (QED) is 0.775. The number of ether oxygens (including phenoxy) is 2. The molecule has 0 radical (unpaired) electrons. The molecule has 0 spiro atoms. The molecule has 7 heteroatoms. The Labute approximate surface area is 153 Å². The van der Waals surface area contributed by atoms with Crippen LogP contribution in [0.2, 0.25) is 0 Å². The number of hydrogen-bond acceptors (Lipinski definition) is 5. The highest BCUT2D eigenvalue weighted by Crippen LogP contribution is 2.25. The first-order chi connectivity index (χ1) is 12.5. The Hall–Kier alpha value is -2.54. The van der Waals surface area contributed by atoms with Crippen LogP contribution in [-0.4, -0.2) is 45.6 Å². The Morgan fingerprint density at radius 3 is 2.31 bits per heavy atom. The normalized spacial score (nSPS) is 18.3. The predicted molar refractivity (Wildman–Crippen MR) is 99.5 cm³/mol.